The Kier molecular flexibility index (Phi) is 9.80. The van der Waals surface area contributed by atoms with Crippen molar-refractivity contribution in [3.63, 3.8) is 0 Å². The van der Waals surface area contributed by atoms with Gasteiger partial charge < -0.3 is 10.2 Å². The minimum atomic E-state index is -4.09. The SMILES string of the molecule is CCC(C(=O)NC(C)(C)C)N(Cc1ccc(Cl)cc1)C(=O)CN(c1ccccc1)S(=O)(=O)c1ccc(C)cc1. The van der Waals surface area contributed by atoms with Gasteiger partial charge in [0.05, 0.1) is 10.6 Å². The number of aryl methyl sites for hydroxylation is 1. The van der Waals surface area contributed by atoms with Gasteiger partial charge >= 0.3 is 0 Å². The lowest BCUT2D eigenvalue weighted by Crippen LogP contribution is -2.55. The van der Waals surface area contributed by atoms with Crippen molar-refractivity contribution < 1.29 is 18.0 Å². The van der Waals surface area contributed by atoms with E-state index in [-0.39, 0.29) is 17.3 Å². The Bertz CT molecular complexity index is 1370. The van der Waals surface area contributed by atoms with E-state index in [9.17, 15) is 18.0 Å². The maximum Gasteiger partial charge on any atom is 0.264 e. The highest BCUT2D eigenvalue weighted by Crippen LogP contribution is 2.25. The third kappa shape index (κ3) is 8.07. The van der Waals surface area contributed by atoms with Crippen LogP contribution in [0.5, 0.6) is 0 Å². The number of benzene rings is 3. The molecule has 39 heavy (non-hydrogen) atoms. The van der Waals surface area contributed by atoms with Crippen molar-refractivity contribution in [2.45, 2.75) is 64.1 Å². The topological polar surface area (TPSA) is 86.8 Å². The monoisotopic (exact) mass is 569 g/mol. The third-order valence-corrected chi connectivity index (χ3v) is 8.12. The van der Waals surface area contributed by atoms with E-state index in [0.29, 0.717) is 17.1 Å². The Morgan fingerprint density at radius 1 is 0.923 bits per heavy atom. The molecule has 0 aliphatic carbocycles. The first-order chi connectivity index (χ1) is 18.3. The van der Waals surface area contributed by atoms with Crippen LogP contribution in [-0.4, -0.2) is 43.3 Å². The molecule has 0 aliphatic rings. The number of anilines is 1. The molecule has 3 rings (SSSR count). The second kappa shape index (κ2) is 12.7. The lowest BCUT2D eigenvalue weighted by Gasteiger charge is -2.34. The molecule has 1 unspecified atom stereocenters. The quantitative estimate of drug-likeness (QED) is 0.346. The van der Waals surface area contributed by atoms with Crippen LogP contribution in [-0.2, 0) is 26.2 Å². The average molecular weight is 570 g/mol. The van der Waals surface area contributed by atoms with Crippen LogP contribution in [0.2, 0.25) is 5.02 Å². The maximum atomic E-state index is 14.0. The van der Waals surface area contributed by atoms with Gasteiger partial charge in [0.1, 0.15) is 12.6 Å². The van der Waals surface area contributed by atoms with E-state index in [2.05, 4.69) is 5.32 Å². The molecule has 0 spiro atoms. The Labute approximate surface area is 236 Å². The first kappa shape index (κ1) is 30.2. The van der Waals surface area contributed by atoms with Gasteiger partial charge in [0.15, 0.2) is 0 Å². The van der Waals surface area contributed by atoms with E-state index >= 15 is 0 Å². The van der Waals surface area contributed by atoms with Crippen molar-refractivity contribution in [1.82, 2.24) is 10.2 Å². The van der Waals surface area contributed by atoms with Crippen molar-refractivity contribution in [1.29, 1.82) is 0 Å². The van der Waals surface area contributed by atoms with Gasteiger partial charge in [0.2, 0.25) is 11.8 Å². The smallest absolute Gasteiger partial charge is 0.264 e. The predicted molar refractivity (Wildman–Crippen MR) is 156 cm³/mol. The Hall–Kier alpha value is -3.36. The number of nitrogens with zero attached hydrogens (tertiary/aromatic N) is 2. The van der Waals surface area contributed by atoms with E-state index in [1.807, 2.05) is 34.6 Å². The molecular weight excluding hydrogens is 534 g/mol. The van der Waals surface area contributed by atoms with E-state index in [1.165, 1.54) is 17.0 Å². The molecule has 7 nitrogen and oxygen atoms in total. The highest BCUT2D eigenvalue weighted by Gasteiger charge is 2.34. The van der Waals surface area contributed by atoms with Crippen molar-refractivity contribution in [3.8, 4) is 0 Å². The van der Waals surface area contributed by atoms with E-state index in [0.717, 1.165) is 15.4 Å². The second-order valence-electron chi connectivity index (χ2n) is 10.5. The van der Waals surface area contributed by atoms with Gasteiger partial charge in [-0.3, -0.25) is 13.9 Å². The summed E-state index contributed by atoms with van der Waals surface area (Å²) < 4.78 is 28.7. The molecular formula is C30H36ClN3O4S. The molecule has 1 N–H and O–H groups in total. The summed E-state index contributed by atoms with van der Waals surface area (Å²) in [6, 6.07) is 21.2. The minimum absolute atomic E-state index is 0.0755. The molecule has 3 aromatic rings. The number of para-hydroxylation sites is 1. The highest BCUT2D eigenvalue weighted by atomic mass is 35.5. The van der Waals surface area contributed by atoms with Crippen LogP contribution in [0.1, 0.15) is 45.2 Å². The average Bonchev–Trinajstić information content (AvgIpc) is 2.87. The largest absolute Gasteiger partial charge is 0.350 e. The molecule has 2 amide bonds. The summed E-state index contributed by atoms with van der Waals surface area (Å²) in [6.07, 6.45) is 0.345. The fourth-order valence-corrected chi connectivity index (χ4v) is 5.66. The van der Waals surface area contributed by atoms with E-state index in [1.54, 1.807) is 66.7 Å². The number of halogens is 1. The summed E-state index contributed by atoms with van der Waals surface area (Å²) in [5, 5.41) is 3.51. The second-order valence-corrected chi connectivity index (χ2v) is 12.8. The van der Waals surface area contributed by atoms with Crippen molar-refractivity contribution in [2.75, 3.05) is 10.8 Å². The third-order valence-electron chi connectivity index (χ3n) is 6.08. The van der Waals surface area contributed by atoms with Crippen LogP contribution in [0.4, 0.5) is 5.69 Å². The number of hydrogen-bond acceptors (Lipinski definition) is 4. The van der Waals surface area contributed by atoms with Gasteiger partial charge in [0, 0.05) is 17.1 Å². The first-order valence-corrected chi connectivity index (χ1v) is 14.6. The summed E-state index contributed by atoms with van der Waals surface area (Å²) >= 11 is 6.06. The van der Waals surface area contributed by atoms with E-state index in [4.69, 9.17) is 11.6 Å². The lowest BCUT2D eigenvalue weighted by atomic mass is 10.1. The summed E-state index contributed by atoms with van der Waals surface area (Å²) in [7, 11) is -4.09. The summed E-state index contributed by atoms with van der Waals surface area (Å²) in [4.78, 5) is 28.9. The van der Waals surface area contributed by atoms with Gasteiger partial charge in [-0.05, 0) is 76.1 Å². The number of carbonyl (C=O) groups excluding carboxylic acids is 2. The molecule has 0 heterocycles. The standard InChI is InChI=1S/C30H36ClN3O4S/c1-6-27(29(36)32-30(3,4)5)33(20-23-14-16-24(31)17-15-23)28(35)21-34(25-10-8-7-9-11-25)39(37,38)26-18-12-22(2)13-19-26/h7-19,27H,6,20-21H2,1-5H3,(H,32,36). The number of amides is 2. The molecule has 0 aromatic heterocycles. The number of rotatable bonds is 10. The molecule has 0 fully saturated rings. The zero-order chi connectivity index (χ0) is 28.8. The molecule has 0 saturated heterocycles. The zero-order valence-corrected chi connectivity index (χ0v) is 24.6. The van der Waals surface area contributed by atoms with Crippen LogP contribution in [0, 0.1) is 6.92 Å². The number of sulfonamides is 1. The Morgan fingerprint density at radius 2 is 1.51 bits per heavy atom. The van der Waals surface area contributed by atoms with Crippen LogP contribution in [0.25, 0.3) is 0 Å². The van der Waals surface area contributed by atoms with Gasteiger partial charge in [-0.1, -0.05) is 66.6 Å². The maximum absolute atomic E-state index is 14.0. The molecule has 0 aliphatic heterocycles. The van der Waals surface area contributed by atoms with Crippen LogP contribution in [0.3, 0.4) is 0 Å². The Morgan fingerprint density at radius 3 is 2.05 bits per heavy atom. The normalized spacial score (nSPS) is 12.5. The predicted octanol–water partition coefficient (Wildman–Crippen LogP) is 5.57. The van der Waals surface area contributed by atoms with Gasteiger partial charge in [-0.25, -0.2) is 8.42 Å². The van der Waals surface area contributed by atoms with Crippen LogP contribution in [0.15, 0.2) is 83.8 Å². The molecule has 9 heteroatoms. The van der Waals surface area contributed by atoms with Gasteiger partial charge in [-0.2, -0.15) is 0 Å². The van der Waals surface area contributed by atoms with Gasteiger partial charge in [-0.15, -0.1) is 0 Å². The summed E-state index contributed by atoms with van der Waals surface area (Å²) in [5.41, 5.74) is 1.53. The van der Waals surface area contributed by atoms with Gasteiger partial charge in [0.25, 0.3) is 10.0 Å². The van der Waals surface area contributed by atoms with Crippen LogP contribution >= 0.6 is 11.6 Å². The minimum Gasteiger partial charge on any atom is -0.350 e. The van der Waals surface area contributed by atoms with Crippen LogP contribution < -0.4 is 9.62 Å². The fourth-order valence-electron chi connectivity index (χ4n) is 4.12. The molecule has 208 valence electrons. The zero-order valence-electron chi connectivity index (χ0n) is 23.0. The summed E-state index contributed by atoms with van der Waals surface area (Å²) in [5.74, 6) is -0.805. The highest BCUT2D eigenvalue weighted by molar-refractivity contribution is 7.92. The molecule has 3 aromatic carbocycles. The van der Waals surface area contributed by atoms with Crippen molar-refractivity contribution in [3.05, 3.63) is 95.0 Å². The van der Waals surface area contributed by atoms with E-state index < -0.39 is 34.1 Å². The number of nitrogens with one attached hydrogen (secondary N) is 1. The molecule has 0 bridgehead atoms. The molecule has 0 saturated carbocycles. The molecule has 1 atom stereocenters. The first-order valence-electron chi connectivity index (χ1n) is 12.8. The number of carbonyl (C=O) groups is 2. The lowest BCUT2D eigenvalue weighted by molar-refractivity contribution is -0.141. The molecule has 0 radical (unpaired) electrons. The number of hydrogen-bond donors (Lipinski definition) is 1. The van der Waals surface area contributed by atoms with Crippen molar-refractivity contribution >= 4 is 39.1 Å². The fraction of sp³-hybridized carbons (Fsp3) is 0.333. The Balaban J connectivity index is 2.04. The van der Waals surface area contributed by atoms with Crippen molar-refractivity contribution in [2.24, 2.45) is 0 Å². The summed E-state index contributed by atoms with van der Waals surface area (Å²) in [6.45, 7) is 8.94.